The number of hydrogen-bond acceptors (Lipinski definition) is 5. The second-order valence-corrected chi connectivity index (χ2v) is 3.87. The molecule has 0 fully saturated rings. The van der Waals surface area contributed by atoms with Crippen molar-refractivity contribution in [3.8, 4) is 0 Å². The molecule has 0 aliphatic rings. The van der Waals surface area contributed by atoms with Crippen molar-refractivity contribution in [2.45, 2.75) is 13.3 Å². The van der Waals surface area contributed by atoms with Gasteiger partial charge in [-0.1, -0.05) is 18.5 Å². The van der Waals surface area contributed by atoms with E-state index in [-0.39, 0.29) is 10.7 Å². The zero-order valence-corrected chi connectivity index (χ0v) is 10.3. The summed E-state index contributed by atoms with van der Waals surface area (Å²) >= 11 is 5.86. The van der Waals surface area contributed by atoms with Gasteiger partial charge in [0.15, 0.2) is 0 Å². The Bertz CT molecular complexity index is 387. The first-order valence-corrected chi connectivity index (χ1v) is 5.77. The van der Waals surface area contributed by atoms with Crippen LogP contribution in [0.4, 0.5) is 11.5 Å². The Morgan fingerprint density at radius 1 is 1.47 bits per heavy atom. The molecule has 94 valence electrons. The highest BCUT2D eigenvalue weighted by Crippen LogP contribution is 2.23. The van der Waals surface area contributed by atoms with Crippen molar-refractivity contribution >= 4 is 23.1 Å². The van der Waals surface area contributed by atoms with Crippen LogP contribution in [0.5, 0.6) is 0 Å². The standard InChI is InChI=1S/C10H15ClN4O2/c1-2-3-12-4-5-13-10-9(11)6-8(7-14-10)15(16)17/h6-7,12H,2-5H2,1H3,(H,13,14). The van der Waals surface area contributed by atoms with Crippen molar-refractivity contribution in [3.63, 3.8) is 0 Å². The van der Waals surface area contributed by atoms with Gasteiger partial charge in [0.05, 0.1) is 9.95 Å². The van der Waals surface area contributed by atoms with Gasteiger partial charge in [-0.15, -0.1) is 0 Å². The minimum absolute atomic E-state index is 0.107. The van der Waals surface area contributed by atoms with Gasteiger partial charge < -0.3 is 10.6 Å². The molecule has 1 heterocycles. The molecule has 1 rings (SSSR count). The van der Waals surface area contributed by atoms with Gasteiger partial charge in [0.25, 0.3) is 5.69 Å². The van der Waals surface area contributed by atoms with Gasteiger partial charge in [0, 0.05) is 19.2 Å². The SMILES string of the molecule is CCCNCCNc1ncc([N+](=O)[O-])cc1Cl. The lowest BCUT2D eigenvalue weighted by Gasteiger charge is -2.07. The zero-order valence-electron chi connectivity index (χ0n) is 9.57. The third-order valence-corrected chi connectivity index (χ3v) is 2.35. The van der Waals surface area contributed by atoms with Crippen LogP contribution in [0.1, 0.15) is 13.3 Å². The molecule has 17 heavy (non-hydrogen) atoms. The van der Waals surface area contributed by atoms with Crippen molar-refractivity contribution in [3.05, 3.63) is 27.4 Å². The quantitative estimate of drug-likeness (QED) is 0.445. The summed E-state index contributed by atoms with van der Waals surface area (Å²) in [5.41, 5.74) is -0.107. The zero-order chi connectivity index (χ0) is 12.7. The number of pyridine rings is 1. The Morgan fingerprint density at radius 3 is 2.82 bits per heavy atom. The highest BCUT2D eigenvalue weighted by Gasteiger charge is 2.10. The number of nitrogens with one attached hydrogen (secondary N) is 2. The molecular formula is C10H15ClN4O2. The molecule has 2 N–H and O–H groups in total. The van der Waals surface area contributed by atoms with Crippen molar-refractivity contribution < 1.29 is 4.92 Å². The molecular weight excluding hydrogens is 244 g/mol. The number of hydrogen-bond donors (Lipinski definition) is 2. The second-order valence-electron chi connectivity index (χ2n) is 3.46. The lowest BCUT2D eigenvalue weighted by atomic mass is 10.4. The largest absolute Gasteiger partial charge is 0.368 e. The van der Waals surface area contributed by atoms with E-state index in [0.717, 1.165) is 19.5 Å². The first-order chi connectivity index (χ1) is 8.15. The van der Waals surface area contributed by atoms with E-state index in [9.17, 15) is 10.1 Å². The van der Waals surface area contributed by atoms with E-state index >= 15 is 0 Å². The summed E-state index contributed by atoms with van der Waals surface area (Å²) in [6, 6.07) is 1.29. The lowest BCUT2D eigenvalue weighted by molar-refractivity contribution is -0.385. The maximum absolute atomic E-state index is 10.5. The Balaban J connectivity index is 2.46. The number of anilines is 1. The van der Waals surface area contributed by atoms with Crippen LogP contribution in [-0.4, -0.2) is 29.5 Å². The van der Waals surface area contributed by atoms with Gasteiger partial charge in [-0.25, -0.2) is 4.98 Å². The molecule has 0 atom stereocenters. The van der Waals surface area contributed by atoms with E-state index in [2.05, 4.69) is 22.5 Å². The van der Waals surface area contributed by atoms with Crippen LogP contribution < -0.4 is 10.6 Å². The van der Waals surface area contributed by atoms with Crippen LogP contribution in [0, 0.1) is 10.1 Å². The van der Waals surface area contributed by atoms with Gasteiger partial charge in [-0.05, 0) is 13.0 Å². The molecule has 0 spiro atoms. The number of rotatable bonds is 7. The number of aromatic nitrogens is 1. The third-order valence-electron chi connectivity index (χ3n) is 2.06. The molecule has 0 bridgehead atoms. The van der Waals surface area contributed by atoms with Crippen LogP contribution in [0.2, 0.25) is 5.02 Å². The first kappa shape index (κ1) is 13.7. The highest BCUT2D eigenvalue weighted by molar-refractivity contribution is 6.33. The van der Waals surface area contributed by atoms with E-state index in [1.165, 1.54) is 12.3 Å². The molecule has 0 aromatic carbocycles. The third kappa shape index (κ3) is 4.54. The highest BCUT2D eigenvalue weighted by atomic mass is 35.5. The second kappa shape index (κ2) is 7.03. The van der Waals surface area contributed by atoms with E-state index in [1.807, 2.05) is 0 Å². The molecule has 0 radical (unpaired) electrons. The number of nitrogens with zero attached hydrogens (tertiary/aromatic N) is 2. The normalized spacial score (nSPS) is 10.2. The van der Waals surface area contributed by atoms with Gasteiger partial charge in [-0.3, -0.25) is 10.1 Å². The monoisotopic (exact) mass is 258 g/mol. The van der Waals surface area contributed by atoms with Crippen molar-refractivity contribution in [2.75, 3.05) is 25.0 Å². The summed E-state index contributed by atoms with van der Waals surface area (Å²) < 4.78 is 0. The Kier molecular flexibility index (Phi) is 5.65. The minimum Gasteiger partial charge on any atom is -0.368 e. The molecule has 0 saturated carbocycles. The van der Waals surface area contributed by atoms with Gasteiger partial charge >= 0.3 is 0 Å². The molecule has 6 nitrogen and oxygen atoms in total. The fourth-order valence-corrected chi connectivity index (χ4v) is 1.46. The molecule has 1 aromatic rings. The van der Waals surface area contributed by atoms with Crippen LogP contribution in [0.3, 0.4) is 0 Å². The predicted molar refractivity (Wildman–Crippen MR) is 67.6 cm³/mol. The summed E-state index contributed by atoms with van der Waals surface area (Å²) in [4.78, 5) is 13.9. The van der Waals surface area contributed by atoms with E-state index in [4.69, 9.17) is 11.6 Å². The summed E-state index contributed by atoms with van der Waals surface area (Å²) in [7, 11) is 0. The summed E-state index contributed by atoms with van der Waals surface area (Å²) in [6.07, 6.45) is 2.27. The van der Waals surface area contributed by atoms with Gasteiger partial charge in [0.1, 0.15) is 12.0 Å². The summed E-state index contributed by atoms with van der Waals surface area (Å²) in [5.74, 6) is 0.468. The average Bonchev–Trinajstić information content (AvgIpc) is 2.30. The molecule has 7 heteroatoms. The van der Waals surface area contributed by atoms with Gasteiger partial charge in [-0.2, -0.15) is 0 Å². The number of halogens is 1. The van der Waals surface area contributed by atoms with Crippen molar-refractivity contribution in [2.24, 2.45) is 0 Å². The molecule has 0 aliphatic carbocycles. The number of nitro groups is 1. The van der Waals surface area contributed by atoms with E-state index < -0.39 is 4.92 Å². The van der Waals surface area contributed by atoms with Crippen LogP contribution in [-0.2, 0) is 0 Å². The Morgan fingerprint density at radius 2 is 2.24 bits per heavy atom. The summed E-state index contributed by atoms with van der Waals surface area (Å²) in [5, 5.41) is 17.0. The van der Waals surface area contributed by atoms with Crippen LogP contribution >= 0.6 is 11.6 Å². The van der Waals surface area contributed by atoms with E-state index in [1.54, 1.807) is 0 Å². The molecule has 1 aromatic heterocycles. The fourth-order valence-electron chi connectivity index (χ4n) is 1.23. The smallest absolute Gasteiger partial charge is 0.289 e. The summed E-state index contributed by atoms with van der Waals surface area (Å²) in [6.45, 7) is 4.52. The minimum atomic E-state index is -0.522. The molecule has 0 unspecified atom stereocenters. The maximum Gasteiger partial charge on any atom is 0.289 e. The van der Waals surface area contributed by atoms with Crippen LogP contribution in [0.25, 0.3) is 0 Å². The van der Waals surface area contributed by atoms with Crippen LogP contribution in [0.15, 0.2) is 12.3 Å². The van der Waals surface area contributed by atoms with E-state index in [0.29, 0.717) is 12.4 Å². The molecule has 0 amide bonds. The fraction of sp³-hybridized carbons (Fsp3) is 0.500. The van der Waals surface area contributed by atoms with Crippen molar-refractivity contribution in [1.82, 2.24) is 10.3 Å². The molecule has 0 aliphatic heterocycles. The lowest BCUT2D eigenvalue weighted by Crippen LogP contribution is -2.23. The predicted octanol–water partition coefficient (Wildman–Crippen LogP) is 2.05. The first-order valence-electron chi connectivity index (χ1n) is 5.39. The topological polar surface area (TPSA) is 80.1 Å². The maximum atomic E-state index is 10.5. The van der Waals surface area contributed by atoms with Crippen molar-refractivity contribution in [1.29, 1.82) is 0 Å². The van der Waals surface area contributed by atoms with Gasteiger partial charge in [0.2, 0.25) is 0 Å². The Hall–Kier alpha value is -1.40. The Labute approximate surface area is 105 Å². The molecule has 0 saturated heterocycles. The average molecular weight is 259 g/mol.